The van der Waals surface area contributed by atoms with Crippen LogP contribution in [0.1, 0.15) is 27.2 Å². The molecule has 0 aliphatic carbocycles. The van der Waals surface area contributed by atoms with Crippen LogP contribution >= 0.6 is 8.53 Å². The number of carbonyl (C=O) groups excluding carboxylic acids is 2. The first kappa shape index (κ1) is 26.7. The molecule has 0 saturated carbocycles. The van der Waals surface area contributed by atoms with E-state index in [4.69, 9.17) is 24.3 Å². The van der Waals surface area contributed by atoms with Gasteiger partial charge < -0.3 is 24.3 Å². The molecule has 182 valence electrons. The van der Waals surface area contributed by atoms with Crippen LogP contribution in [-0.4, -0.2) is 62.3 Å². The van der Waals surface area contributed by atoms with Crippen molar-refractivity contribution in [2.75, 3.05) is 20.8 Å². The number of nitrogens with zero attached hydrogens (tertiary/aromatic N) is 2. The van der Waals surface area contributed by atoms with Crippen molar-refractivity contribution in [3.05, 3.63) is 42.6 Å². The van der Waals surface area contributed by atoms with Crippen molar-refractivity contribution in [1.82, 2.24) is 9.99 Å². The SMILES string of the molecule is CN=C(N)/C=C\N(C=O)C1OC(COP(N[C@@H](C)C(=O)OC)Oc2ccccc2)CC1(C)C. The van der Waals surface area contributed by atoms with Gasteiger partial charge in [0.05, 0.1) is 19.8 Å². The summed E-state index contributed by atoms with van der Waals surface area (Å²) in [6.45, 7) is 5.90. The molecule has 10 nitrogen and oxygen atoms in total. The van der Waals surface area contributed by atoms with Crippen molar-refractivity contribution in [2.45, 2.75) is 45.6 Å². The van der Waals surface area contributed by atoms with Crippen molar-refractivity contribution in [1.29, 1.82) is 0 Å². The second-order valence-electron chi connectivity index (χ2n) is 8.15. The fourth-order valence-electron chi connectivity index (χ4n) is 3.29. The summed E-state index contributed by atoms with van der Waals surface area (Å²) >= 11 is 0. The lowest BCUT2D eigenvalue weighted by atomic mass is 9.87. The Labute approximate surface area is 196 Å². The Morgan fingerprint density at radius 3 is 2.73 bits per heavy atom. The topological polar surface area (TPSA) is 125 Å². The monoisotopic (exact) mass is 480 g/mol. The lowest BCUT2D eigenvalue weighted by Gasteiger charge is -2.31. The predicted molar refractivity (Wildman–Crippen MR) is 126 cm³/mol. The quantitative estimate of drug-likeness (QED) is 0.154. The van der Waals surface area contributed by atoms with Gasteiger partial charge in [0.15, 0.2) is 0 Å². The molecule has 2 rings (SSSR count). The van der Waals surface area contributed by atoms with Crippen molar-refractivity contribution in [2.24, 2.45) is 16.1 Å². The first-order valence-corrected chi connectivity index (χ1v) is 11.7. The number of amides is 1. The number of benzene rings is 1. The van der Waals surface area contributed by atoms with Gasteiger partial charge in [0.25, 0.3) is 0 Å². The molecule has 1 amide bonds. The number of ether oxygens (including phenoxy) is 2. The van der Waals surface area contributed by atoms with E-state index in [9.17, 15) is 9.59 Å². The molecule has 0 bridgehead atoms. The first-order valence-electron chi connectivity index (χ1n) is 10.5. The van der Waals surface area contributed by atoms with Gasteiger partial charge in [-0.1, -0.05) is 32.0 Å². The van der Waals surface area contributed by atoms with Crippen molar-refractivity contribution >= 4 is 26.7 Å². The maximum Gasteiger partial charge on any atom is 0.323 e. The molecule has 33 heavy (non-hydrogen) atoms. The fourth-order valence-corrected chi connectivity index (χ4v) is 4.50. The van der Waals surface area contributed by atoms with Crippen LogP contribution in [-0.2, 0) is 23.6 Å². The van der Waals surface area contributed by atoms with Crippen molar-refractivity contribution < 1.29 is 28.1 Å². The van der Waals surface area contributed by atoms with Crippen LogP contribution in [0.25, 0.3) is 0 Å². The highest BCUT2D eigenvalue weighted by Crippen LogP contribution is 2.42. The number of carbonyl (C=O) groups is 2. The van der Waals surface area contributed by atoms with Gasteiger partial charge in [0, 0.05) is 18.7 Å². The average molecular weight is 481 g/mol. The van der Waals surface area contributed by atoms with Gasteiger partial charge in [0.2, 0.25) is 6.41 Å². The summed E-state index contributed by atoms with van der Waals surface area (Å²) in [4.78, 5) is 28.8. The molecule has 0 spiro atoms. The van der Waals surface area contributed by atoms with E-state index in [1.807, 2.05) is 32.0 Å². The maximum atomic E-state index is 11.9. The van der Waals surface area contributed by atoms with Gasteiger partial charge in [-0.15, -0.1) is 0 Å². The van der Waals surface area contributed by atoms with E-state index in [0.29, 0.717) is 24.4 Å². The van der Waals surface area contributed by atoms with E-state index in [-0.39, 0.29) is 18.1 Å². The third-order valence-electron chi connectivity index (χ3n) is 4.97. The van der Waals surface area contributed by atoms with E-state index in [1.54, 1.807) is 38.4 Å². The summed E-state index contributed by atoms with van der Waals surface area (Å²) in [5.74, 6) is 0.475. The molecule has 1 aliphatic heterocycles. The Bertz CT molecular complexity index is 835. The molecule has 1 aromatic carbocycles. The number of nitrogens with one attached hydrogen (secondary N) is 1. The molecule has 0 aromatic heterocycles. The number of amidine groups is 1. The summed E-state index contributed by atoms with van der Waals surface area (Å²) in [5, 5.41) is 3.03. The number of methoxy groups -OCH3 is 1. The maximum absolute atomic E-state index is 11.9. The molecule has 11 heteroatoms. The van der Waals surface area contributed by atoms with Crippen LogP contribution in [0.4, 0.5) is 0 Å². The Morgan fingerprint density at radius 2 is 2.12 bits per heavy atom. The van der Waals surface area contributed by atoms with Crippen LogP contribution < -0.4 is 15.3 Å². The summed E-state index contributed by atoms with van der Waals surface area (Å²) in [6.07, 6.45) is 3.64. The molecule has 3 unspecified atom stereocenters. The third kappa shape index (κ3) is 8.08. The normalized spacial score (nSPS) is 22.0. The Morgan fingerprint density at radius 1 is 1.42 bits per heavy atom. The highest BCUT2D eigenvalue weighted by molar-refractivity contribution is 7.45. The van der Waals surface area contributed by atoms with Crippen molar-refractivity contribution in [3.63, 3.8) is 0 Å². The summed E-state index contributed by atoms with van der Waals surface area (Å²) in [6, 6.07) is 8.54. The number of rotatable bonds is 12. The Balaban J connectivity index is 2.05. The second kappa shape index (κ2) is 12.6. The lowest BCUT2D eigenvalue weighted by Crippen LogP contribution is -2.39. The molecular formula is C22H33N4O6P. The van der Waals surface area contributed by atoms with E-state index < -0.39 is 26.8 Å². The molecule has 1 aromatic rings. The zero-order valence-corrected chi connectivity index (χ0v) is 20.5. The first-order chi connectivity index (χ1) is 15.7. The Hall–Kier alpha value is -2.52. The molecule has 1 heterocycles. The summed E-state index contributed by atoms with van der Waals surface area (Å²) in [5.41, 5.74) is 5.35. The van der Waals surface area contributed by atoms with Crippen LogP contribution in [0.2, 0.25) is 0 Å². The highest BCUT2D eigenvalue weighted by atomic mass is 31.2. The van der Waals surface area contributed by atoms with Crippen LogP contribution in [0, 0.1) is 5.41 Å². The van der Waals surface area contributed by atoms with E-state index in [1.165, 1.54) is 12.0 Å². The Kier molecular flexibility index (Phi) is 10.2. The number of esters is 1. The van der Waals surface area contributed by atoms with Gasteiger partial charge in [-0.25, -0.2) is 5.09 Å². The van der Waals surface area contributed by atoms with E-state index >= 15 is 0 Å². The number of hydrogen-bond donors (Lipinski definition) is 2. The molecule has 1 saturated heterocycles. The second-order valence-corrected chi connectivity index (χ2v) is 9.36. The van der Waals surface area contributed by atoms with Crippen LogP contribution in [0.5, 0.6) is 5.75 Å². The summed E-state index contributed by atoms with van der Waals surface area (Å²) < 4.78 is 22.9. The minimum Gasteiger partial charge on any atom is -0.468 e. The number of aliphatic imine (C=N–C) groups is 1. The zero-order chi connectivity index (χ0) is 24.4. The number of para-hydroxylation sites is 1. The fraction of sp³-hybridized carbons (Fsp3) is 0.500. The minimum atomic E-state index is -1.67. The van der Waals surface area contributed by atoms with E-state index in [0.717, 1.165) is 0 Å². The summed E-state index contributed by atoms with van der Waals surface area (Å²) in [7, 11) is 1.22. The minimum absolute atomic E-state index is 0.203. The number of hydrogen-bond acceptors (Lipinski definition) is 8. The molecular weight excluding hydrogens is 447 g/mol. The lowest BCUT2D eigenvalue weighted by molar-refractivity contribution is -0.142. The largest absolute Gasteiger partial charge is 0.468 e. The predicted octanol–water partition coefficient (Wildman–Crippen LogP) is 2.56. The molecule has 3 N–H and O–H groups in total. The average Bonchev–Trinajstić information content (AvgIpc) is 3.11. The van der Waals surface area contributed by atoms with Gasteiger partial charge in [-0.2, -0.15) is 0 Å². The van der Waals surface area contributed by atoms with Gasteiger partial charge in [-0.05, 0) is 31.6 Å². The molecule has 4 atom stereocenters. The van der Waals surface area contributed by atoms with Gasteiger partial charge >= 0.3 is 14.5 Å². The van der Waals surface area contributed by atoms with Gasteiger partial charge in [0.1, 0.15) is 23.9 Å². The van der Waals surface area contributed by atoms with Crippen molar-refractivity contribution in [3.8, 4) is 5.75 Å². The number of nitrogens with two attached hydrogens (primary N) is 1. The van der Waals surface area contributed by atoms with Crippen LogP contribution in [0.15, 0.2) is 47.6 Å². The van der Waals surface area contributed by atoms with Crippen LogP contribution in [0.3, 0.4) is 0 Å². The van der Waals surface area contributed by atoms with E-state index in [2.05, 4.69) is 10.1 Å². The molecule has 1 fully saturated rings. The molecule has 0 radical (unpaired) electrons. The van der Waals surface area contributed by atoms with Gasteiger partial charge in [-0.3, -0.25) is 19.5 Å². The third-order valence-corrected chi connectivity index (χ3v) is 6.33. The highest BCUT2D eigenvalue weighted by Gasteiger charge is 2.44. The molecule has 1 aliphatic rings. The smallest absolute Gasteiger partial charge is 0.323 e. The zero-order valence-electron chi connectivity index (χ0n) is 19.6. The standard InChI is InChI=1S/C22H33N4O6P/c1-16(20(28)29-5)25-33(32-17-9-7-6-8-10-17)30-14-18-13-22(2,3)21(31-18)26(15-27)12-11-19(23)24-4/h6-12,15-16,18,21,25H,13-14H2,1-5H3,(H2,23,24)/b12-11-/t16-,18?,21?,33?/m0/s1.